The van der Waals surface area contributed by atoms with Gasteiger partial charge in [0.15, 0.2) is 0 Å². The molecule has 92 valence electrons. The van der Waals surface area contributed by atoms with E-state index in [9.17, 15) is 4.79 Å². The second kappa shape index (κ2) is 5.37. The number of nitrogens with one attached hydrogen (secondary N) is 2. The molecule has 1 aliphatic carbocycles. The van der Waals surface area contributed by atoms with E-state index in [1.54, 1.807) is 30.5 Å². The van der Waals surface area contributed by atoms with Gasteiger partial charge in [-0.2, -0.15) is 5.26 Å². The van der Waals surface area contributed by atoms with Gasteiger partial charge in [-0.15, -0.1) is 0 Å². The SMILES string of the molecule is C/C(=C\NC(=O)Nc1ccc(C#N)cc1)C1CC1. The summed E-state index contributed by atoms with van der Waals surface area (Å²) in [6.45, 7) is 2.03. The zero-order valence-corrected chi connectivity index (χ0v) is 10.2. The van der Waals surface area contributed by atoms with Crippen LogP contribution in [0.25, 0.3) is 0 Å². The highest BCUT2D eigenvalue weighted by Crippen LogP contribution is 2.35. The Bertz CT molecular complexity index is 507. The molecular weight excluding hydrogens is 226 g/mol. The zero-order valence-electron chi connectivity index (χ0n) is 10.2. The lowest BCUT2D eigenvalue weighted by atomic mass is 10.2. The number of hydrogen-bond donors (Lipinski definition) is 2. The quantitative estimate of drug-likeness (QED) is 0.854. The summed E-state index contributed by atoms with van der Waals surface area (Å²) in [5, 5.41) is 14.1. The van der Waals surface area contributed by atoms with Gasteiger partial charge in [-0.05, 0) is 49.9 Å². The molecule has 1 aromatic carbocycles. The molecule has 2 N–H and O–H groups in total. The molecule has 2 amide bonds. The van der Waals surface area contributed by atoms with Crippen molar-refractivity contribution < 1.29 is 4.79 Å². The van der Waals surface area contributed by atoms with E-state index in [1.165, 1.54) is 18.4 Å². The van der Waals surface area contributed by atoms with Gasteiger partial charge in [0.2, 0.25) is 0 Å². The maximum absolute atomic E-state index is 11.6. The van der Waals surface area contributed by atoms with Gasteiger partial charge < -0.3 is 10.6 Å². The van der Waals surface area contributed by atoms with E-state index in [4.69, 9.17) is 5.26 Å². The standard InChI is InChI=1S/C14H15N3O/c1-10(12-4-5-12)9-16-14(18)17-13-6-2-11(8-15)3-7-13/h2-3,6-7,9,12H,4-5H2,1H3,(H2,16,17,18)/b10-9+. The van der Waals surface area contributed by atoms with Gasteiger partial charge in [0, 0.05) is 11.9 Å². The summed E-state index contributed by atoms with van der Waals surface area (Å²) in [5.74, 6) is 0.653. The van der Waals surface area contributed by atoms with Crippen molar-refractivity contribution in [1.82, 2.24) is 5.32 Å². The van der Waals surface area contributed by atoms with Crippen molar-refractivity contribution in [3.05, 3.63) is 41.6 Å². The Kier molecular flexibility index (Phi) is 3.63. The van der Waals surface area contributed by atoms with E-state index in [1.807, 2.05) is 13.0 Å². The molecule has 0 aromatic heterocycles. The van der Waals surface area contributed by atoms with Gasteiger partial charge in [-0.25, -0.2) is 4.79 Å². The highest BCUT2D eigenvalue weighted by Gasteiger charge is 2.22. The van der Waals surface area contributed by atoms with Gasteiger partial charge in [0.05, 0.1) is 11.6 Å². The van der Waals surface area contributed by atoms with Gasteiger partial charge in [-0.1, -0.05) is 5.57 Å². The van der Waals surface area contributed by atoms with E-state index in [0.717, 1.165) is 0 Å². The Hall–Kier alpha value is -2.28. The zero-order chi connectivity index (χ0) is 13.0. The van der Waals surface area contributed by atoms with Crippen LogP contribution in [0.1, 0.15) is 25.3 Å². The number of carbonyl (C=O) groups excluding carboxylic acids is 1. The number of urea groups is 1. The molecule has 0 aliphatic heterocycles. The largest absolute Gasteiger partial charge is 0.323 e. The van der Waals surface area contributed by atoms with Crippen molar-refractivity contribution >= 4 is 11.7 Å². The number of nitrogens with zero attached hydrogens (tertiary/aromatic N) is 1. The predicted molar refractivity (Wildman–Crippen MR) is 69.8 cm³/mol. The van der Waals surface area contributed by atoms with Crippen molar-refractivity contribution in [2.45, 2.75) is 19.8 Å². The van der Waals surface area contributed by atoms with E-state index >= 15 is 0 Å². The van der Waals surface area contributed by atoms with Crippen molar-refractivity contribution in [1.29, 1.82) is 5.26 Å². The molecule has 18 heavy (non-hydrogen) atoms. The third kappa shape index (κ3) is 3.36. The highest BCUT2D eigenvalue weighted by molar-refractivity contribution is 5.89. The topological polar surface area (TPSA) is 64.9 Å². The number of anilines is 1. The van der Waals surface area contributed by atoms with Crippen LogP contribution in [0.15, 0.2) is 36.0 Å². The van der Waals surface area contributed by atoms with E-state index < -0.39 is 0 Å². The number of hydrogen-bond acceptors (Lipinski definition) is 2. The van der Waals surface area contributed by atoms with Gasteiger partial charge in [0.1, 0.15) is 0 Å². The molecule has 0 saturated heterocycles. The average molecular weight is 241 g/mol. The van der Waals surface area contributed by atoms with Crippen molar-refractivity contribution in [3.63, 3.8) is 0 Å². The smallest absolute Gasteiger partial charge is 0.314 e. The van der Waals surface area contributed by atoms with Crippen LogP contribution in [-0.2, 0) is 0 Å². The van der Waals surface area contributed by atoms with Crippen LogP contribution in [0.3, 0.4) is 0 Å². The molecule has 0 radical (unpaired) electrons. The summed E-state index contributed by atoms with van der Waals surface area (Å²) in [4.78, 5) is 11.6. The molecule has 1 aliphatic rings. The fourth-order valence-electron chi connectivity index (χ4n) is 1.63. The van der Waals surface area contributed by atoms with Crippen LogP contribution < -0.4 is 10.6 Å². The van der Waals surface area contributed by atoms with Crippen LogP contribution in [0.5, 0.6) is 0 Å². The minimum Gasteiger partial charge on any atom is -0.314 e. The Morgan fingerprint density at radius 3 is 2.61 bits per heavy atom. The fourth-order valence-corrected chi connectivity index (χ4v) is 1.63. The Labute approximate surface area is 106 Å². The predicted octanol–water partition coefficient (Wildman–Crippen LogP) is 2.99. The Morgan fingerprint density at radius 2 is 2.06 bits per heavy atom. The first-order chi connectivity index (χ1) is 8.69. The molecule has 4 nitrogen and oxygen atoms in total. The van der Waals surface area contributed by atoms with Crippen LogP contribution in [0.4, 0.5) is 10.5 Å². The Balaban J connectivity index is 1.86. The molecule has 1 aromatic rings. The number of allylic oxidation sites excluding steroid dienone is 1. The fraction of sp³-hybridized carbons (Fsp3) is 0.286. The number of carbonyl (C=O) groups is 1. The lowest BCUT2D eigenvalue weighted by Crippen LogP contribution is -2.24. The lowest BCUT2D eigenvalue weighted by Gasteiger charge is -2.05. The van der Waals surface area contributed by atoms with Crippen LogP contribution in [0, 0.1) is 17.2 Å². The summed E-state index contributed by atoms with van der Waals surface area (Å²) < 4.78 is 0. The molecule has 0 atom stereocenters. The summed E-state index contributed by atoms with van der Waals surface area (Å²) in [5.41, 5.74) is 2.46. The first-order valence-corrected chi connectivity index (χ1v) is 5.93. The van der Waals surface area contributed by atoms with E-state index in [0.29, 0.717) is 17.2 Å². The van der Waals surface area contributed by atoms with Crippen molar-refractivity contribution in [2.24, 2.45) is 5.92 Å². The first kappa shape index (κ1) is 12.2. The van der Waals surface area contributed by atoms with E-state index in [-0.39, 0.29) is 6.03 Å². The molecule has 0 unspecified atom stereocenters. The second-order valence-electron chi connectivity index (χ2n) is 4.45. The number of amides is 2. The highest BCUT2D eigenvalue weighted by atomic mass is 16.2. The molecule has 0 spiro atoms. The molecule has 0 heterocycles. The summed E-state index contributed by atoms with van der Waals surface area (Å²) >= 11 is 0. The number of rotatable bonds is 3. The van der Waals surface area contributed by atoms with Crippen LogP contribution in [-0.4, -0.2) is 6.03 Å². The molecule has 1 saturated carbocycles. The molecular formula is C14H15N3O. The third-order valence-corrected chi connectivity index (χ3v) is 2.92. The summed E-state index contributed by atoms with van der Waals surface area (Å²) in [7, 11) is 0. The third-order valence-electron chi connectivity index (χ3n) is 2.92. The summed E-state index contributed by atoms with van der Waals surface area (Å²) in [6, 6.07) is 8.51. The average Bonchev–Trinajstić information content (AvgIpc) is 3.21. The lowest BCUT2D eigenvalue weighted by molar-refractivity contribution is 0.255. The maximum Gasteiger partial charge on any atom is 0.323 e. The van der Waals surface area contributed by atoms with Gasteiger partial charge in [-0.3, -0.25) is 0 Å². The first-order valence-electron chi connectivity index (χ1n) is 5.93. The number of benzene rings is 1. The minimum absolute atomic E-state index is 0.264. The monoisotopic (exact) mass is 241 g/mol. The van der Waals surface area contributed by atoms with Crippen molar-refractivity contribution in [3.8, 4) is 6.07 Å². The van der Waals surface area contributed by atoms with Gasteiger partial charge in [0.25, 0.3) is 0 Å². The van der Waals surface area contributed by atoms with E-state index in [2.05, 4.69) is 10.6 Å². The Morgan fingerprint density at radius 1 is 1.39 bits per heavy atom. The molecule has 0 bridgehead atoms. The molecule has 2 rings (SSSR count). The van der Waals surface area contributed by atoms with Gasteiger partial charge >= 0.3 is 6.03 Å². The van der Waals surface area contributed by atoms with Crippen LogP contribution in [0.2, 0.25) is 0 Å². The summed E-state index contributed by atoms with van der Waals surface area (Å²) in [6.07, 6.45) is 4.21. The maximum atomic E-state index is 11.6. The molecule has 1 fully saturated rings. The van der Waals surface area contributed by atoms with Crippen LogP contribution >= 0.6 is 0 Å². The minimum atomic E-state index is -0.264. The van der Waals surface area contributed by atoms with Crippen molar-refractivity contribution in [2.75, 3.05) is 5.32 Å². The molecule has 4 heteroatoms. The normalized spacial score (nSPS) is 14.8. The number of nitriles is 1. The second-order valence-corrected chi connectivity index (χ2v) is 4.45.